The molecule has 6 nitrogen and oxygen atoms in total. The lowest BCUT2D eigenvalue weighted by Gasteiger charge is -2.05. The molecular formula is C14H14ClN3O3. The van der Waals surface area contributed by atoms with Crippen LogP contribution in [0.4, 0.5) is 5.69 Å². The number of hydrazone groups is 1. The van der Waals surface area contributed by atoms with E-state index in [1.165, 1.54) is 18.2 Å². The number of hydrogen-bond donors (Lipinski definition) is 1. The number of halogens is 1. The normalized spacial score (nSPS) is 17.2. The van der Waals surface area contributed by atoms with Gasteiger partial charge in [-0.2, -0.15) is 5.10 Å². The molecule has 0 saturated heterocycles. The largest absolute Gasteiger partial charge is 0.288 e. The Morgan fingerprint density at radius 3 is 2.43 bits per heavy atom. The molecule has 1 amide bonds. The van der Waals surface area contributed by atoms with Gasteiger partial charge >= 0.3 is 0 Å². The van der Waals surface area contributed by atoms with E-state index >= 15 is 0 Å². The van der Waals surface area contributed by atoms with Crippen LogP contribution in [0.5, 0.6) is 0 Å². The minimum Gasteiger partial charge on any atom is -0.267 e. The summed E-state index contributed by atoms with van der Waals surface area (Å²) in [5.74, 6) is 0.572. The van der Waals surface area contributed by atoms with Crippen molar-refractivity contribution < 1.29 is 9.72 Å². The predicted octanol–water partition coefficient (Wildman–Crippen LogP) is 3.15. The van der Waals surface area contributed by atoms with Crippen molar-refractivity contribution in [2.75, 3.05) is 0 Å². The van der Waals surface area contributed by atoms with Gasteiger partial charge in [0.05, 0.1) is 4.92 Å². The van der Waals surface area contributed by atoms with Crippen molar-refractivity contribution in [2.45, 2.75) is 25.7 Å². The number of nitro groups is 1. The molecule has 1 aromatic carbocycles. The molecule has 0 heterocycles. The average Bonchev–Trinajstić information content (AvgIpc) is 3.32. The molecule has 0 atom stereocenters. The van der Waals surface area contributed by atoms with E-state index in [0.29, 0.717) is 11.8 Å². The molecule has 0 aliphatic heterocycles. The Kier molecular flexibility index (Phi) is 3.63. The Hall–Kier alpha value is -1.95. The summed E-state index contributed by atoms with van der Waals surface area (Å²) in [7, 11) is 0. The Bertz CT molecular complexity index is 622. The molecule has 0 unspecified atom stereocenters. The standard InChI is InChI=1S/C14H14ClN3O3/c15-11-6-5-10(7-12(11)18(20)21)14(19)17-16-13(8-1-2-8)9-3-4-9/h5-9H,1-4H2,(H,17,19). The van der Waals surface area contributed by atoms with Crippen molar-refractivity contribution in [3.63, 3.8) is 0 Å². The molecular weight excluding hydrogens is 294 g/mol. The maximum atomic E-state index is 12.0. The van der Waals surface area contributed by atoms with E-state index in [9.17, 15) is 14.9 Å². The molecule has 3 rings (SSSR count). The highest BCUT2D eigenvalue weighted by atomic mass is 35.5. The maximum Gasteiger partial charge on any atom is 0.288 e. The summed E-state index contributed by atoms with van der Waals surface area (Å²) in [5, 5.41) is 15.1. The third kappa shape index (κ3) is 3.21. The molecule has 2 aliphatic carbocycles. The maximum absolute atomic E-state index is 12.0. The zero-order valence-corrected chi connectivity index (χ0v) is 12.0. The third-order valence-electron chi connectivity index (χ3n) is 3.68. The number of nitro benzene ring substituents is 1. The van der Waals surface area contributed by atoms with Gasteiger partial charge in [-0.05, 0) is 49.7 Å². The summed E-state index contributed by atoms with van der Waals surface area (Å²) in [6.07, 6.45) is 4.55. The second-order valence-corrected chi connectivity index (χ2v) is 5.86. The lowest BCUT2D eigenvalue weighted by Crippen LogP contribution is -2.21. The highest BCUT2D eigenvalue weighted by molar-refractivity contribution is 6.32. The minimum atomic E-state index is -0.609. The van der Waals surface area contributed by atoms with E-state index in [0.717, 1.165) is 31.4 Å². The number of hydrogen-bond acceptors (Lipinski definition) is 4. The smallest absolute Gasteiger partial charge is 0.267 e. The molecule has 2 saturated carbocycles. The molecule has 2 aliphatic rings. The summed E-state index contributed by atoms with van der Waals surface area (Å²) in [6.45, 7) is 0. The number of nitrogens with one attached hydrogen (secondary N) is 1. The van der Waals surface area contributed by atoms with Crippen LogP contribution >= 0.6 is 11.6 Å². The third-order valence-corrected chi connectivity index (χ3v) is 4.00. The summed E-state index contributed by atoms with van der Waals surface area (Å²) in [6, 6.07) is 3.97. The topological polar surface area (TPSA) is 84.6 Å². The molecule has 21 heavy (non-hydrogen) atoms. The van der Waals surface area contributed by atoms with Crippen molar-refractivity contribution in [1.29, 1.82) is 0 Å². The van der Waals surface area contributed by atoms with Crippen LogP contribution in [0.15, 0.2) is 23.3 Å². The number of rotatable bonds is 5. The van der Waals surface area contributed by atoms with Crippen LogP contribution in [0.3, 0.4) is 0 Å². The van der Waals surface area contributed by atoms with Gasteiger partial charge < -0.3 is 0 Å². The monoisotopic (exact) mass is 307 g/mol. The van der Waals surface area contributed by atoms with E-state index in [-0.39, 0.29) is 16.3 Å². The van der Waals surface area contributed by atoms with Crippen LogP contribution in [-0.2, 0) is 0 Å². The summed E-state index contributed by atoms with van der Waals surface area (Å²) in [5.41, 5.74) is 3.49. The lowest BCUT2D eigenvalue weighted by atomic mass is 10.1. The van der Waals surface area contributed by atoms with Crippen LogP contribution in [0.25, 0.3) is 0 Å². The Morgan fingerprint density at radius 2 is 1.90 bits per heavy atom. The van der Waals surface area contributed by atoms with Gasteiger partial charge in [0, 0.05) is 17.3 Å². The van der Waals surface area contributed by atoms with Crippen LogP contribution in [0, 0.1) is 22.0 Å². The van der Waals surface area contributed by atoms with Crippen molar-refractivity contribution >= 4 is 28.9 Å². The number of amides is 1. The Labute approximate surface area is 126 Å². The molecule has 2 fully saturated rings. The van der Waals surface area contributed by atoms with Crippen LogP contribution < -0.4 is 5.43 Å². The van der Waals surface area contributed by atoms with E-state index in [1.807, 2.05) is 0 Å². The minimum absolute atomic E-state index is 0.0108. The summed E-state index contributed by atoms with van der Waals surface area (Å²) >= 11 is 5.72. The van der Waals surface area contributed by atoms with Gasteiger partial charge in [0.1, 0.15) is 5.02 Å². The zero-order chi connectivity index (χ0) is 15.0. The number of carbonyl (C=O) groups is 1. The first-order valence-electron chi connectivity index (χ1n) is 6.88. The lowest BCUT2D eigenvalue weighted by molar-refractivity contribution is -0.384. The summed E-state index contributed by atoms with van der Waals surface area (Å²) < 4.78 is 0. The van der Waals surface area contributed by atoms with Crippen molar-refractivity contribution in [2.24, 2.45) is 16.9 Å². The summed E-state index contributed by atoms with van der Waals surface area (Å²) in [4.78, 5) is 22.2. The molecule has 0 bridgehead atoms. The molecule has 110 valence electrons. The van der Waals surface area contributed by atoms with E-state index < -0.39 is 10.8 Å². The molecule has 7 heteroatoms. The van der Waals surface area contributed by atoms with Gasteiger partial charge in [-0.1, -0.05) is 11.6 Å². The van der Waals surface area contributed by atoms with Crippen LogP contribution in [-0.4, -0.2) is 16.5 Å². The van der Waals surface area contributed by atoms with Crippen molar-refractivity contribution in [3.8, 4) is 0 Å². The fourth-order valence-electron chi connectivity index (χ4n) is 2.25. The zero-order valence-electron chi connectivity index (χ0n) is 11.2. The van der Waals surface area contributed by atoms with Gasteiger partial charge in [-0.25, -0.2) is 5.43 Å². The predicted molar refractivity (Wildman–Crippen MR) is 78.5 cm³/mol. The van der Waals surface area contributed by atoms with E-state index in [2.05, 4.69) is 10.5 Å². The van der Waals surface area contributed by atoms with E-state index in [1.54, 1.807) is 0 Å². The quantitative estimate of drug-likeness (QED) is 0.515. The number of carbonyl (C=O) groups excluding carboxylic acids is 1. The second kappa shape index (κ2) is 5.44. The molecule has 1 aromatic rings. The van der Waals surface area contributed by atoms with Crippen LogP contribution in [0.1, 0.15) is 36.0 Å². The fourth-order valence-corrected chi connectivity index (χ4v) is 2.43. The highest BCUT2D eigenvalue weighted by Crippen LogP contribution is 2.41. The highest BCUT2D eigenvalue weighted by Gasteiger charge is 2.38. The first kappa shape index (κ1) is 14.0. The van der Waals surface area contributed by atoms with Gasteiger partial charge in [0.2, 0.25) is 0 Å². The molecule has 0 spiro atoms. The number of benzene rings is 1. The van der Waals surface area contributed by atoms with Crippen LogP contribution in [0.2, 0.25) is 5.02 Å². The van der Waals surface area contributed by atoms with Gasteiger partial charge in [-0.15, -0.1) is 0 Å². The Morgan fingerprint density at radius 1 is 1.29 bits per heavy atom. The number of nitrogens with zero attached hydrogens (tertiary/aromatic N) is 2. The fraction of sp³-hybridized carbons (Fsp3) is 0.429. The van der Waals surface area contributed by atoms with Gasteiger partial charge in [-0.3, -0.25) is 14.9 Å². The average molecular weight is 308 g/mol. The molecule has 1 N–H and O–H groups in total. The first-order chi connectivity index (χ1) is 10.1. The SMILES string of the molecule is O=C(NN=C(C1CC1)C1CC1)c1ccc(Cl)c([N+](=O)[O-])c1. The molecule has 0 radical (unpaired) electrons. The van der Waals surface area contributed by atoms with E-state index in [4.69, 9.17) is 11.6 Å². The first-order valence-corrected chi connectivity index (χ1v) is 7.26. The van der Waals surface area contributed by atoms with Crippen molar-refractivity contribution in [3.05, 3.63) is 38.9 Å². The molecule has 0 aromatic heterocycles. The van der Waals surface area contributed by atoms with Gasteiger partial charge in [0.25, 0.3) is 11.6 Å². The van der Waals surface area contributed by atoms with Gasteiger partial charge in [0.15, 0.2) is 0 Å². The Balaban J connectivity index is 1.74. The second-order valence-electron chi connectivity index (χ2n) is 5.45. The van der Waals surface area contributed by atoms with Crippen molar-refractivity contribution in [1.82, 2.24) is 5.43 Å².